The summed E-state index contributed by atoms with van der Waals surface area (Å²) >= 11 is 0. The minimum Gasteiger partial charge on any atom is -0.492 e. The van der Waals surface area contributed by atoms with Crippen molar-refractivity contribution in [1.82, 2.24) is 4.98 Å². The molecule has 1 heterocycles. The molecule has 3 nitrogen and oxygen atoms in total. The molecule has 3 rings (SSSR count). The summed E-state index contributed by atoms with van der Waals surface area (Å²) < 4.78 is 5.73. The molecule has 20 heavy (non-hydrogen) atoms. The Kier molecular flexibility index (Phi) is 3.61. The molecule has 0 saturated carbocycles. The lowest BCUT2D eigenvalue weighted by molar-refractivity contribution is 0.291. The highest BCUT2D eigenvalue weighted by molar-refractivity contribution is 5.82. The Morgan fingerprint density at radius 1 is 0.950 bits per heavy atom. The van der Waals surface area contributed by atoms with Crippen molar-refractivity contribution in [3.05, 3.63) is 72.4 Å². The van der Waals surface area contributed by atoms with Crippen molar-refractivity contribution >= 4 is 10.9 Å². The summed E-state index contributed by atoms with van der Waals surface area (Å²) in [6.45, 7) is 0.442. The lowest BCUT2D eigenvalue weighted by Crippen LogP contribution is -2.19. The van der Waals surface area contributed by atoms with Gasteiger partial charge in [0.2, 0.25) is 0 Å². The Morgan fingerprint density at radius 2 is 1.80 bits per heavy atom. The highest BCUT2D eigenvalue weighted by Crippen LogP contribution is 2.22. The number of hydrogen-bond donors (Lipinski definition) is 1. The second-order valence-electron chi connectivity index (χ2n) is 4.65. The van der Waals surface area contributed by atoms with E-state index >= 15 is 0 Å². The molecule has 1 atom stereocenters. The van der Waals surface area contributed by atoms with Gasteiger partial charge in [0.05, 0.1) is 11.6 Å². The Bertz CT molecular complexity index is 692. The fraction of sp³-hybridized carbons (Fsp3) is 0.118. The molecule has 3 heteroatoms. The number of para-hydroxylation sites is 1. The highest BCUT2D eigenvalue weighted by Gasteiger charge is 2.10. The molecule has 0 amide bonds. The summed E-state index contributed by atoms with van der Waals surface area (Å²) in [4.78, 5) is 4.35. The maximum Gasteiger partial charge on any atom is 0.119 e. The average molecular weight is 264 g/mol. The lowest BCUT2D eigenvalue weighted by atomic mass is 10.0. The van der Waals surface area contributed by atoms with E-state index in [2.05, 4.69) is 4.98 Å². The predicted molar refractivity (Wildman–Crippen MR) is 80.6 cm³/mol. The number of nitrogens with zero attached hydrogens (tertiary/aromatic N) is 1. The summed E-state index contributed by atoms with van der Waals surface area (Å²) in [7, 11) is 0. The van der Waals surface area contributed by atoms with Crippen LogP contribution in [0.25, 0.3) is 10.9 Å². The van der Waals surface area contributed by atoms with Gasteiger partial charge in [-0.1, -0.05) is 36.4 Å². The molecule has 0 bridgehead atoms. The van der Waals surface area contributed by atoms with Crippen molar-refractivity contribution in [1.29, 1.82) is 0 Å². The molecule has 0 aliphatic carbocycles. The van der Waals surface area contributed by atoms with E-state index in [0.29, 0.717) is 6.61 Å². The summed E-state index contributed by atoms with van der Waals surface area (Å²) in [6.07, 6.45) is 1.79. The van der Waals surface area contributed by atoms with Crippen LogP contribution in [0.5, 0.6) is 5.75 Å². The quantitative estimate of drug-likeness (QED) is 0.786. The summed E-state index contributed by atoms with van der Waals surface area (Å²) in [6, 6.07) is 19.5. The molecule has 100 valence electrons. The Morgan fingerprint density at radius 3 is 2.65 bits per heavy atom. The van der Waals surface area contributed by atoms with Gasteiger partial charge in [-0.25, -0.2) is 0 Å². The van der Waals surface area contributed by atoms with Crippen LogP contribution in [0.1, 0.15) is 11.6 Å². The molecule has 0 spiro atoms. The molecule has 0 saturated heterocycles. The SMILES string of the molecule is NC(COc1ccccc1)c1cccc2ncccc12. The van der Waals surface area contributed by atoms with Gasteiger partial charge in [0.1, 0.15) is 12.4 Å². The van der Waals surface area contributed by atoms with E-state index < -0.39 is 0 Å². The van der Waals surface area contributed by atoms with Gasteiger partial charge < -0.3 is 10.5 Å². The van der Waals surface area contributed by atoms with Crippen molar-refractivity contribution in [2.75, 3.05) is 6.61 Å². The molecule has 0 radical (unpaired) electrons. The van der Waals surface area contributed by atoms with Crippen LogP contribution in [-0.4, -0.2) is 11.6 Å². The number of hydrogen-bond acceptors (Lipinski definition) is 3. The monoisotopic (exact) mass is 264 g/mol. The van der Waals surface area contributed by atoms with Gasteiger partial charge in [-0.15, -0.1) is 0 Å². The largest absolute Gasteiger partial charge is 0.492 e. The van der Waals surface area contributed by atoms with Crippen LogP contribution in [-0.2, 0) is 0 Å². The van der Waals surface area contributed by atoms with Crippen LogP contribution in [0.4, 0.5) is 0 Å². The number of pyridine rings is 1. The van der Waals surface area contributed by atoms with E-state index in [1.54, 1.807) is 6.20 Å². The third-order valence-electron chi connectivity index (χ3n) is 3.25. The number of nitrogens with two attached hydrogens (primary N) is 1. The Balaban J connectivity index is 1.80. The van der Waals surface area contributed by atoms with Crippen molar-refractivity contribution < 1.29 is 4.74 Å². The van der Waals surface area contributed by atoms with Crippen molar-refractivity contribution in [3.8, 4) is 5.75 Å². The number of benzene rings is 2. The zero-order valence-electron chi connectivity index (χ0n) is 11.1. The van der Waals surface area contributed by atoms with E-state index in [-0.39, 0.29) is 6.04 Å². The molecular weight excluding hydrogens is 248 g/mol. The predicted octanol–water partition coefficient (Wildman–Crippen LogP) is 3.31. The van der Waals surface area contributed by atoms with E-state index in [1.807, 2.05) is 60.7 Å². The van der Waals surface area contributed by atoms with Gasteiger partial charge in [-0.3, -0.25) is 4.98 Å². The maximum absolute atomic E-state index is 6.26. The number of fused-ring (bicyclic) bond motifs is 1. The van der Waals surface area contributed by atoms with Gasteiger partial charge in [0.15, 0.2) is 0 Å². The van der Waals surface area contributed by atoms with E-state index in [9.17, 15) is 0 Å². The molecule has 1 aromatic heterocycles. The second-order valence-corrected chi connectivity index (χ2v) is 4.65. The van der Waals surface area contributed by atoms with Gasteiger partial charge in [0, 0.05) is 11.6 Å². The Hall–Kier alpha value is -2.39. The van der Waals surface area contributed by atoms with Crippen LogP contribution in [0.2, 0.25) is 0 Å². The maximum atomic E-state index is 6.26. The van der Waals surface area contributed by atoms with Crippen molar-refractivity contribution in [3.63, 3.8) is 0 Å². The van der Waals surface area contributed by atoms with Crippen LogP contribution in [0, 0.1) is 0 Å². The van der Waals surface area contributed by atoms with Crippen LogP contribution >= 0.6 is 0 Å². The standard InChI is InChI=1S/C17H16N2O/c18-16(12-20-13-6-2-1-3-7-13)14-8-4-10-17-15(14)9-5-11-19-17/h1-11,16H,12,18H2. The lowest BCUT2D eigenvalue weighted by Gasteiger charge is -2.15. The van der Waals surface area contributed by atoms with E-state index in [4.69, 9.17) is 10.5 Å². The molecule has 2 N–H and O–H groups in total. The Labute approximate surface area is 118 Å². The average Bonchev–Trinajstić information content (AvgIpc) is 2.53. The fourth-order valence-electron chi connectivity index (χ4n) is 2.24. The molecular formula is C17H16N2O. The van der Waals surface area contributed by atoms with Gasteiger partial charge in [-0.2, -0.15) is 0 Å². The third-order valence-corrected chi connectivity index (χ3v) is 3.25. The van der Waals surface area contributed by atoms with Crippen molar-refractivity contribution in [2.24, 2.45) is 5.73 Å². The minimum absolute atomic E-state index is 0.178. The zero-order chi connectivity index (χ0) is 13.8. The van der Waals surface area contributed by atoms with Gasteiger partial charge in [-0.05, 0) is 29.8 Å². The second kappa shape index (κ2) is 5.72. The molecule has 2 aromatic carbocycles. The van der Waals surface area contributed by atoms with Crippen LogP contribution in [0.15, 0.2) is 66.9 Å². The third kappa shape index (κ3) is 2.63. The fourth-order valence-corrected chi connectivity index (χ4v) is 2.24. The van der Waals surface area contributed by atoms with Gasteiger partial charge in [0.25, 0.3) is 0 Å². The minimum atomic E-state index is -0.178. The highest BCUT2D eigenvalue weighted by atomic mass is 16.5. The van der Waals surface area contributed by atoms with E-state index in [0.717, 1.165) is 22.2 Å². The van der Waals surface area contributed by atoms with Crippen molar-refractivity contribution in [2.45, 2.75) is 6.04 Å². The number of ether oxygens (including phenoxy) is 1. The molecule has 3 aromatic rings. The first-order chi connectivity index (χ1) is 9.84. The summed E-state index contributed by atoms with van der Waals surface area (Å²) in [5.74, 6) is 0.835. The number of aromatic nitrogens is 1. The molecule has 0 aliphatic rings. The summed E-state index contributed by atoms with van der Waals surface area (Å²) in [5, 5.41) is 1.08. The summed E-state index contributed by atoms with van der Waals surface area (Å²) in [5.41, 5.74) is 8.28. The first-order valence-corrected chi connectivity index (χ1v) is 6.61. The van der Waals surface area contributed by atoms with Gasteiger partial charge >= 0.3 is 0 Å². The molecule has 1 unspecified atom stereocenters. The first kappa shape index (κ1) is 12.6. The van der Waals surface area contributed by atoms with E-state index in [1.165, 1.54) is 0 Å². The topological polar surface area (TPSA) is 48.1 Å². The molecule has 0 fully saturated rings. The van der Waals surface area contributed by atoms with Crippen LogP contribution < -0.4 is 10.5 Å². The first-order valence-electron chi connectivity index (χ1n) is 6.61. The van der Waals surface area contributed by atoms with Crippen LogP contribution in [0.3, 0.4) is 0 Å². The molecule has 0 aliphatic heterocycles. The normalized spacial score (nSPS) is 12.2. The zero-order valence-corrected chi connectivity index (χ0v) is 11.1. The smallest absolute Gasteiger partial charge is 0.119 e. The number of rotatable bonds is 4.